The van der Waals surface area contributed by atoms with Gasteiger partial charge < -0.3 is 19.5 Å². The van der Waals surface area contributed by atoms with Gasteiger partial charge >= 0.3 is 11.9 Å². The van der Waals surface area contributed by atoms with Gasteiger partial charge in [0, 0.05) is 29.3 Å². The van der Waals surface area contributed by atoms with Gasteiger partial charge in [-0.1, -0.05) is 0 Å². The Bertz CT molecular complexity index is 1190. The molecule has 32 heavy (non-hydrogen) atoms. The number of hydrogen-bond donors (Lipinski definition) is 1. The minimum Gasteiger partial charge on any atom is -0.506 e. The highest BCUT2D eigenvalue weighted by atomic mass is 32.1. The van der Waals surface area contributed by atoms with Gasteiger partial charge in [0.25, 0.3) is 5.69 Å². The number of anilines is 1. The lowest BCUT2D eigenvalue weighted by Gasteiger charge is -2.22. The second kappa shape index (κ2) is 9.78. The minimum atomic E-state index is -0.580. The standard InChI is InChI=1S/C19H17N5O7S/c1-30-17(26)9-23(10-18(27)31-2)11-3-6-15(16(25)8-11)20-21-19-13-7-12(24(28)29)4-5-14(13)22-32-19/h3-8,25H,9-10H2,1-2H3. The summed E-state index contributed by atoms with van der Waals surface area (Å²) in [4.78, 5) is 35.2. The maximum absolute atomic E-state index is 11.7. The fourth-order valence-corrected chi connectivity index (χ4v) is 3.36. The average molecular weight is 459 g/mol. The Morgan fingerprint density at radius 1 is 1.12 bits per heavy atom. The summed E-state index contributed by atoms with van der Waals surface area (Å²) in [6.45, 7) is -0.477. The fraction of sp³-hybridized carbons (Fsp3) is 0.211. The van der Waals surface area contributed by atoms with Crippen molar-refractivity contribution in [2.24, 2.45) is 10.2 Å². The Morgan fingerprint density at radius 3 is 2.41 bits per heavy atom. The smallest absolute Gasteiger partial charge is 0.325 e. The Morgan fingerprint density at radius 2 is 1.81 bits per heavy atom. The van der Waals surface area contributed by atoms with E-state index in [0.717, 1.165) is 11.5 Å². The predicted octanol–water partition coefficient (Wildman–Crippen LogP) is 3.48. The molecule has 0 saturated heterocycles. The number of nitro benzene ring substituents is 1. The van der Waals surface area contributed by atoms with Crippen LogP contribution in [0.25, 0.3) is 10.9 Å². The van der Waals surface area contributed by atoms with Crippen molar-refractivity contribution >= 4 is 56.4 Å². The van der Waals surface area contributed by atoms with Crippen molar-refractivity contribution < 1.29 is 29.1 Å². The number of phenols is 1. The molecule has 0 spiro atoms. The molecule has 0 amide bonds. The highest BCUT2D eigenvalue weighted by Gasteiger charge is 2.18. The lowest BCUT2D eigenvalue weighted by Crippen LogP contribution is -2.35. The van der Waals surface area contributed by atoms with Crippen molar-refractivity contribution in [1.82, 2.24) is 4.37 Å². The van der Waals surface area contributed by atoms with Crippen molar-refractivity contribution in [3.8, 4) is 5.75 Å². The summed E-state index contributed by atoms with van der Waals surface area (Å²) >= 11 is 1.01. The number of carbonyl (C=O) groups is 2. The van der Waals surface area contributed by atoms with Crippen LogP contribution in [-0.2, 0) is 19.1 Å². The molecule has 0 bridgehead atoms. The summed E-state index contributed by atoms with van der Waals surface area (Å²) in [6, 6.07) is 8.52. The van der Waals surface area contributed by atoms with Crippen LogP contribution in [0.1, 0.15) is 0 Å². The molecule has 1 aromatic heterocycles. The zero-order valence-electron chi connectivity index (χ0n) is 16.9. The third-order valence-corrected chi connectivity index (χ3v) is 5.08. The molecule has 1 heterocycles. The molecular weight excluding hydrogens is 442 g/mol. The molecular formula is C19H17N5O7S. The van der Waals surface area contributed by atoms with Gasteiger partial charge in [-0.25, -0.2) is 0 Å². The van der Waals surface area contributed by atoms with Crippen molar-refractivity contribution in [2.75, 3.05) is 32.2 Å². The van der Waals surface area contributed by atoms with E-state index < -0.39 is 16.9 Å². The maximum atomic E-state index is 11.7. The molecule has 12 nitrogen and oxygen atoms in total. The molecule has 0 aliphatic rings. The maximum Gasteiger partial charge on any atom is 0.325 e. The van der Waals surface area contributed by atoms with Crippen molar-refractivity contribution in [2.45, 2.75) is 0 Å². The highest BCUT2D eigenvalue weighted by molar-refractivity contribution is 7.11. The number of non-ortho nitro benzene ring substituents is 1. The number of hydrogen-bond acceptors (Lipinski definition) is 12. The van der Waals surface area contributed by atoms with Crippen LogP contribution in [0.4, 0.5) is 22.1 Å². The van der Waals surface area contributed by atoms with Crippen molar-refractivity contribution in [3.63, 3.8) is 0 Å². The first-order chi connectivity index (χ1) is 15.3. The van der Waals surface area contributed by atoms with Crippen molar-refractivity contribution in [1.29, 1.82) is 0 Å². The number of benzene rings is 2. The molecule has 0 radical (unpaired) electrons. The average Bonchev–Trinajstić information content (AvgIpc) is 3.19. The van der Waals surface area contributed by atoms with Gasteiger partial charge in [0.1, 0.15) is 24.5 Å². The SMILES string of the molecule is COC(=O)CN(CC(=O)OC)c1ccc(N=Nc2snc3ccc([N+](=O)[O-])cc23)c(O)c1. The van der Waals surface area contributed by atoms with E-state index >= 15 is 0 Å². The molecule has 0 saturated carbocycles. The molecule has 0 unspecified atom stereocenters. The first kappa shape index (κ1) is 22.6. The van der Waals surface area contributed by atoms with Gasteiger partial charge in [-0.2, -0.15) is 4.37 Å². The molecule has 1 N–H and O–H groups in total. The van der Waals surface area contributed by atoms with Crippen LogP contribution in [0, 0.1) is 10.1 Å². The largest absolute Gasteiger partial charge is 0.506 e. The van der Waals surface area contributed by atoms with Gasteiger partial charge in [0.05, 0.1) is 24.7 Å². The number of aromatic nitrogens is 1. The van der Waals surface area contributed by atoms with Gasteiger partial charge in [-0.05, 0) is 29.7 Å². The highest BCUT2D eigenvalue weighted by Crippen LogP contribution is 2.36. The van der Waals surface area contributed by atoms with E-state index in [1.165, 1.54) is 55.5 Å². The second-order valence-electron chi connectivity index (χ2n) is 6.33. The Balaban J connectivity index is 1.87. The summed E-state index contributed by atoms with van der Waals surface area (Å²) < 4.78 is 13.4. The molecule has 13 heteroatoms. The van der Waals surface area contributed by atoms with E-state index in [4.69, 9.17) is 0 Å². The third kappa shape index (κ3) is 5.13. The first-order valence-electron chi connectivity index (χ1n) is 8.99. The van der Waals surface area contributed by atoms with Gasteiger partial charge in [-0.15, -0.1) is 10.2 Å². The number of carbonyl (C=O) groups excluding carboxylic acids is 2. The molecule has 0 aliphatic carbocycles. The van der Waals surface area contributed by atoms with Crippen LogP contribution in [-0.4, -0.2) is 53.7 Å². The zero-order chi connectivity index (χ0) is 23.3. The van der Waals surface area contributed by atoms with Gasteiger partial charge in [0.2, 0.25) is 0 Å². The molecule has 166 valence electrons. The van der Waals surface area contributed by atoms with E-state index in [1.54, 1.807) is 0 Å². The van der Waals surface area contributed by atoms with Crippen molar-refractivity contribution in [3.05, 3.63) is 46.5 Å². The summed E-state index contributed by atoms with van der Waals surface area (Å²) in [6.07, 6.45) is 0. The number of fused-ring (bicyclic) bond motifs is 1. The number of nitro groups is 1. The van der Waals surface area contributed by atoms with Crippen LogP contribution in [0.3, 0.4) is 0 Å². The minimum absolute atomic E-state index is 0.0994. The quantitative estimate of drug-likeness (QED) is 0.230. The van der Waals surface area contributed by atoms with E-state index in [0.29, 0.717) is 21.6 Å². The zero-order valence-corrected chi connectivity index (χ0v) is 17.7. The van der Waals surface area contributed by atoms with Crippen LogP contribution in [0.15, 0.2) is 46.6 Å². The number of phenolic OH excluding ortho intramolecular Hbond substituents is 1. The van der Waals surface area contributed by atoms with Gasteiger partial charge in [0.15, 0.2) is 5.00 Å². The lowest BCUT2D eigenvalue weighted by molar-refractivity contribution is -0.384. The topological polar surface area (TPSA) is 157 Å². The van der Waals surface area contributed by atoms with Gasteiger partial charge in [-0.3, -0.25) is 19.7 Å². The number of esters is 2. The van der Waals surface area contributed by atoms with E-state index in [9.17, 15) is 24.8 Å². The Labute approximate surface area is 185 Å². The number of nitrogens with zero attached hydrogens (tertiary/aromatic N) is 5. The molecule has 3 aromatic rings. The van der Waals surface area contributed by atoms with Crippen LogP contribution in [0.2, 0.25) is 0 Å². The summed E-state index contributed by atoms with van der Waals surface area (Å²) in [5.41, 5.74) is 0.904. The third-order valence-electron chi connectivity index (χ3n) is 4.32. The number of methoxy groups -OCH3 is 2. The van der Waals surface area contributed by atoms with E-state index in [1.807, 2.05) is 0 Å². The summed E-state index contributed by atoms with van der Waals surface area (Å²) in [5.74, 6) is -1.42. The van der Waals surface area contributed by atoms with Crippen LogP contribution in [0.5, 0.6) is 5.75 Å². The Kier molecular flexibility index (Phi) is 6.90. The summed E-state index contributed by atoms with van der Waals surface area (Å²) in [7, 11) is 2.44. The predicted molar refractivity (Wildman–Crippen MR) is 115 cm³/mol. The molecule has 2 aromatic carbocycles. The van der Waals surface area contributed by atoms with Crippen LogP contribution >= 0.6 is 11.5 Å². The lowest BCUT2D eigenvalue weighted by atomic mass is 10.2. The summed E-state index contributed by atoms with van der Waals surface area (Å²) in [5, 5.41) is 30.2. The van der Waals surface area contributed by atoms with E-state index in [-0.39, 0.29) is 30.2 Å². The Hall–Kier alpha value is -4.13. The first-order valence-corrected chi connectivity index (χ1v) is 9.77. The normalized spacial score (nSPS) is 10.9. The number of aromatic hydroxyl groups is 1. The van der Waals surface area contributed by atoms with Crippen LogP contribution < -0.4 is 4.90 Å². The second-order valence-corrected chi connectivity index (χ2v) is 7.08. The molecule has 3 rings (SSSR count). The number of rotatable bonds is 8. The van der Waals surface area contributed by atoms with E-state index in [2.05, 4.69) is 24.1 Å². The number of ether oxygens (including phenoxy) is 2. The monoisotopic (exact) mass is 459 g/mol. The molecule has 0 aliphatic heterocycles. The fourth-order valence-electron chi connectivity index (χ4n) is 2.67. The molecule has 0 fully saturated rings. The number of azo groups is 1. The molecule has 0 atom stereocenters.